The van der Waals surface area contributed by atoms with E-state index in [2.05, 4.69) is 25.6 Å². The molecule has 0 aromatic carbocycles. The monoisotopic (exact) mass is 313 g/mol. The van der Waals surface area contributed by atoms with Crippen molar-refractivity contribution in [2.24, 2.45) is 0 Å². The minimum Gasteiger partial charge on any atom is -0.496 e. The molecule has 0 saturated heterocycles. The second-order valence-corrected chi connectivity index (χ2v) is 5.63. The quantitative estimate of drug-likeness (QED) is 0.899. The molecule has 2 aromatic heterocycles. The molecule has 1 aliphatic heterocycles. The van der Waals surface area contributed by atoms with Gasteiger partial charge in [0.2, 0.25) is 5.91 Å². The van der Waals surface area contributed by atoms with Crippen molar-refractivity contribution in [3.05, 3.63) is 35.0 Å². The van der Waals surface area contributed by atoms with Crippen LogP contribution in [0, 0.1) is 13.8 Å². The molecule has 3 heterocycles. The summed E-state index contributed by atoms with van der Waals surface area (Å²) in [5, 5.41) is 5.85. The van der Waals surface area contributed by atoms with Crippen LogP contribution in [-0.4, -0.2) is 34.0 Å². The van der Waals surface area contributed by atoms with Gasteiger partial charge in [-0.1, -0.05) is 0 Å². The molecule has 3 rings (SSSR count). The van der Waals surface area contributed by atoms with Crippen molar-refractivity contribution in [2.75, 3.05) is 17.7 Å². The molecule has 2 aromatic rings. The molecule has 1 amide bonds. The molecule has 0 spiro atoms. The zero-order valence-electron chi connectivity index (χ0n) is 13.6. The van der Waals surface area contributed by atoms with Gasteiger partial charge in [0.25, 0.3) is 0 Å². The van der Waals surface area contributed by atoms with Gasteiger partial charge >= 0.3 is 0 Å². The molecule has 7 nitrogen and oxygen atoms in total. The number of rotatable bonds is 3. The first-order chi connectivity index (χ1) is 11.0. The van der Waals surface area contributed by atoms with Crippen molar-refractivity contribution in [3.63, 3.8) is 0 Å². The SMILES string of the molecule is COc1c(C)cnc(Cc2ncc3c(n2)NC(C)C(=O)N3)c1C. The van der Waals surface area contributed by atoms with E-state index < -0.39 is 0 Å². The average Bonchev–Trinajstić information content (AvgIpc) is 2.52. The zero-order chi connectivity index (χ0) is 16.6. The summed E-state index contributed by atoms with van der Waals surface area (Å²) in [5.41, 5.74) is 3.46. The highest BCUT2D eigenvalue weighted by Gasteiger charge is 2.23. The molecular weight excluding hydrogens is 294 g/mol. The number of anilines is 2. The second kappa shape index (κ2) is 5.83. The standard InChI is InChI=1S/C16H19N5O2/c1-8-6-17-11(9(2)14(8)23-4)5-13-18-7-12-15(21-13)19-10(3)16(22)20-12/h6-7,10H,5H2,1-4H3,(H,20,22)(H,18,19,21). The number of aromatic nitrogens is 3. The molecular formula is C16H19N5O2. The number of fused-ring (bicyclic) bond motifs is 1. The van der Waals surface area contributed by atoms with Crippen LogP contribution in [0.5, 0.6) is 5.75 Å². The molecule has 7 heteroatoms. The van der Waals surface area contributed by atoms with Crippen LogP contribution in [0.25, 0.3) is 0 Å². The molecule has 23 heavy (non-hydrogen) atoms. The normalized spacial score (nSPS) is 16.3. The third kappa shape index (κ3) is 2.81. The van der Waals surface area contributed by atoms with Gasteiger partial charge in [-0.15, -0.1) is 0 Å². The number of nitrogens with one attached hydrogen (secondary N) is 2. The summed E-state index contributed by atoms with van der Waals surface area (Å²) in [5.74, 6) is 2.03. The highest BCUT2D eigenvalue weighted by molar-refractivity contribution is 6.01. The summed E-state index contributed by atoms with van der Waals surface area (Å²) in [4.78, 5) is 24.9. The number of carbonyl (C=O) groups excluding carboxylic acids is 1. The minimum absolute atomic E-state index is 0.0883. The fraction of sp³-hybridized carbons (Fsp3) is 0.375. The lowest BCUT2D eigenvalue weighted by Crippen LogP contribution is -2.37. The lowest BCUT2D eigenvalue weighted by atomic mass is 10.1. The van der Waals surface area contributed by atoms with E-state index in [9.17, 15) is 4.79 Å². The lowest BCUT2D eigenvalue weighted by molar-refractivity contribution is -0.116. The Kier molecular flexibility index (Phi) is 3.85. The Bertz CT molecular complexity index is 775. The van der Waals surface area contributed by atoms with Crippen LogP contribution in [-0.2, 0) is 11.2 Å². The number of nitrogens with zero attached hydrogens (tertiary/aromatic N) is 3. The molecule has 120 valence electrons. The highest BCUT2D eigenvalue weighted by Crippen LogP contribution is 2.27. The van der Waals surface area contributed by atoms with Gasteiger partial charge in [-0.2, -0.15) is 0 Å². The molecule has 0 bridgehead atoms. The Morgan fingerprint density at radius 2 is 2.04 bits per heavy atom. The van der Waals surface area contributed by atoms with Gasteiger partial charge in [-0.05, 0) is 20.8 Å². The van der Waals surface area contributed by atoms with Gasteiger partial charge in [0.05, 0.1) is 25.4 Å². The molecule has 2 N–H and O–H groups in total. The van der Waals surface area contributed by atoms with Crippen molar-refractivity contribution in [1.29, 1.82) is 0 Å². The fourth-order valence-corrected chi connectivity index (χ4v) is 2.62. The highest BCUT2D eigenvalue weighted by atomic mass is 16.5. The van der Waals surface area contributed by atoms with Gasteiger partial charge in [0.1, 0.15) is 23.3 Å². The molecule has 1 unspecified atom stereocenters. The number of aryl methyl sites for hydroxylation is 1. The van der Waals surface area contributed by atoms with E-state index in [1.807, 2.05) is 13.8 Å². The van der Waals surface area contributed by atoms with Crippen LogP contribution in [0.3, 0.4) is 0 Å². The van der Waals surface area contributed by atoms with Crippen LogP contribution in [0.15, 0.2) is 12.4 Å². The molecule has 0 saturated carbocycles. The summed E-state index contributed by atoms with van der Waals surface area (Å²) in [7, 11) is 1.66. The maximum atomic E-state index is 11.6. The fourth-order valence-electron chi connectivity index (χ4n) is 2.62. The van der Waals surface area contributed by atoms with Gasteiger partial charge in [0, 0.05) is 17.3 Å². The number of hydrogen-bond acceptors (Lipinski definition) is 6. The van der Waals surface area contributed by atoms with E-state index in [-0.39, 0.29) is 11.9 Å². The third-order valence-electron chi connectivity index (χ3n) is 3.92. The van der Waals surface area contributed by atoms with Gasteiger partial charge in [0.15, 0.2) is 5.82 Å². The Morgan fingerprint density at radius 3 is 2.78 bits per heavy atom. The molecule has 0 aliphatic carbocycles. The number of carbonyl (C=O) groups is 1. The zero-order valence-corrected chi connectivity index (χ0v) is 13.6. The molecule has 1 atom stereocenters. The topological polar surface area (TPSA) is 89.0 Å². The van der Waals surface area contributed by atoms with Crippen molar-refractivity contribution >= 4 is 17.4 Å². The largest absolute Gasteiger partial charge is 0.496 e. The first-order valence-corrected chi connectivity index (χ1v) is 7.42. The Balaban J connectivity index is 1.90. The number of methoxy groups -OCH3 is 1. The van der Waals surface area contributed by atoms with Crippen LogP contribution < -0.4 is 15.4 Å². The number of amides is 1. The first kappa shape index (κ1) is 15.2. The summed E-state index contributed by atoms with van der Waals surface area (Å²) >= 11 is 0. The summed E-state index contributed by atoms with van der Waals surface area (Å²) in [6, 6.07) is -0.315. The third-order valence-corrected chi connectivity index (χ3v) is 3.92. The summed E-state index contributed by atoms with van der Waals surface area (Å²) in [6.45, 7) is 5.73. The van der Waals surface area contributed by atoms with Crippen molar-refractivity contribution in [2.45, 2.75) is 33.2 Å². The lowest BCUT2D eigenvalue weighted by Gasteiger charge is -2.23. The Morgan fingerprint density at radius 1 is 1.26 bits per heavy atom. The van der Waals surface area contributed by atoms with Crippen molar-refractivity contribution < 1.29 is 9.53 Å². The van der Waals surface area contributed by atoms with Crippen LogP contribution in [0.1, 0.15) is 29.6 Å². The maximum Gasteiger partial charge on any atom is 0.246 e. The average molecular weight is 313 g/mol. The Hall–Kier alpha value is -2.70. The number of hydrogen-bond donors (Lipinski definition) is 2. The van der Waals surface area contributed by atoms with Crippen LogP contribution in [0.2, 0.25) is 0 Å². The summed E-state index contributed by atoms with van der Waals surface area (Å²) < 4.78 is 5.43. The molecule has 1 aliphatic rings. The van der Waals surface area contributed by atoms with E-state index in [1.54, 1.807) is 26.4 Å². The number of pyridine rings is 1. The Labute approximate surface area is 134 Å². The van der Waals surface area contributed by atoms with Gasteiger partial charge in [-0.3, -0.25) is 9.78 Å². The van der Waals surface area contributed by atoms with E-state index in [4.69, 9.17) is 4.74 Å². The summed E-state index contributed by atoms with van der Waals surface area (Å²) in [6.07, 6.45) is 3.91. The molecule has 0 fully saturated rings. The second-order valence-electron chi connectivity index (χ2n) is 5.63. The van der Waals surface area contributed by atoms with Gasteiger partial charge in [-0.25, -0.2) is 9.97 Å². The van der Waals surface area contributed by atoms with E-state index in [1.165, 1.54) is 0 Å². The predicted molar refractivity (Wildman–Crippen MR) is 86.8 cm³/mol. The van der Waals surface area contributed by atoms with E-state index in [0.717, 1.165) is 22.6 Å². The van der Waals surface area contributed by atoms with Crippen molar-refractivity contribution in [1.82, 2.24) is 15.0 Å². The van der Waals surface area contributed by atoms with Crippen molar-refractivity contribution in [3.8, 4) is 5.75 Å². The van der Waals surface area contributed by atoms with E-state index in [0.29, 0.717) is 23.8 Å². The molecule has 0 radical (unpaired) electrons. The first-order valence-electron chi connectivity index (χ1n) is 7.42. The smallest absolute Gasteiger partial charge is 0.246 e. The van der Waals surface area contributed by atoms with Crippen LogP contribution >= 0.6 is 0 Å². The number of ether oxygens (including phenoxy) is 1. The van der Waals surface area contributed by atoms with E-state index >= 15 is 0 Å². The van der Waals surface area contributed by atoms with Crippen LogP contribution in [0.4, 0.5) is 11.5 Å². The van der Waals surface area contributed by atoms with Gasteiger partial charge < -0.3 is 15.4 Å². The predicted octanol–water partition coefficient (Wildman–Crippen LogP) is 1.84. The maximum absolute atomic E-state index is 11.6. The minimum atomic E-state index is -0.315.